The van der Waals surface area contributed by atoms with E-state index in [0.717, 1.165) is 15.1 Å². The van der Waals surface area contributed by atoms with E-state index in [0.29, 0.717) is 23.4 Å². The first-order valence-electron chi connectivity index (χ1n) is 8.09. The number of nitrogens with one attached hydrogen (secondary N) is 1. The van der Waals surface area contributed by atoms with Crippen LogP contribution in [-0.2, 0) is 17.9 Å². The van der Waals surface area contributed by atoms with Crippen LogP contribution in [0.3, 0.4) is 0 Å². The number of aryl methyl sites for hydroxylation is 1. The topological polar surface area (TPSA) is 69.6 Å². The third-order valence-electron chi connectivity index (χ3n) is 4.07. The number of pyridine rings is 1. The minimum atomic E-state index is -0.240. The van der Waals surface area contributed by atoms with Crippen molar-refractivity contribution in [1.82, 2.24) is 9.88 Å². The second kappa shape index (κ2) is 7.61. The summed E-state index contributed by atoms with van der Waals surface area (Å²) in [5, 5.41) is 3.48. The maximum Gasteiger partial charge on any atom is 0.259 e. The molecule has 0 aliphatic rings. The molecule has 136 valence electrons. The van der Waals surface area contributed by atoms with Crippen molar-refractivity contribution in [2.45, 2.75) is 20.0 Å². The van der Waals surface area contributed by atoms with Gasteiger partial charge in [-0.3, -0.25) is 9.59 Å². The molecule has 7 heteroatoms. The van der Waals surface area contributed by atoms with E-state index in [-0.39, 0.29) is 18.0 Å². The van der Waals surface area contributed by atoms with E-state index in [1.807, 2.05) is 25.1 Å². The van der Waals surface area contributed by atoms with Crippen LogP contribution in [0.4, 0.5) is 0 Å². The molecule has 1 aromatic carbocycles. The first kappa shape index (κ1) is 18.0. The quantitative estimate of drug-likeness (QED) is 0.722. The summed E-state index contributed by atoms with van der Waals surface area (Å²) >= 11 is 1.57. The zero-order valence-electron chi connectivity index (χ0n) is 14.9. The third-order valence-corrected chi connectivity index (χ3v) is 5.08. The van der Waals surface area contributed by atoms with Gasteiger partial charge in [0.1, 0.15) is 18.0 Å². The standard InChI is InChI=1S/C19H20N2O4S/c1-12-8-15-17(26-12)6-7-21(19(15)23)11-18(22)20-10-13-4-5-14(24-2)9-16(13)25-3/h4-9H,10-11H2,1-3H3,(H,20,22). The van der Waals surface area contributed by atoms with E-state index in [9.17, 15) is 9.59 Å². The number of fused-ring (bicyclic) bond motifs is 1. The lowest BCUT2D eigenvalue weighted by Crippen LogP contribution is -2.31. The van der Waals surface area contributed by atoms with Crippen molar-refractivity contribution in [2.24, 2.45) is 0 Å². The molecule has 0 aliphatic carbocycles. The molecule has 0 aliphatic heterocycles. The highest BCUT2D eigenvalue weighted by Crippen LogP contribution is 2.24. The van der Waals surface area contributed by atoms with Crippen molar-refractivity contribution in [3.05, 3.63) is 57.3 Å². The van der Waals surface area contributed by atoms with Crippen molar-refractivity contribution >= 4 is 27.3 Å². The Bertz CT molecular complexity index is 1010. The Morgan fingerprint density at radius 1 is 1.19 bits per heavy atom. The van der Waals surface area contributed by atoms with E-state index < -0.39 is 0 Å². The minimum absolute atomic E-state index is 0.0257. The van der Waals surface area contributed by atoms with Gasteiger partial charge in [-0.1, -0.05) is 0 Å². The monoisotopic (exact) mass is 372 g/mol. The molecule has 0 bridgehead atoms. The summed E-state index contributed by atoms with van der Waals surface area (Å²) in [6, 6.07) is 9.14. The summed E-state index contributed by atoms with van der Waals surface area (Å²) in [6.07, 6.45) is 1.66. The molecule has 1 amide bonds. The normalized spacial score (nSPS) is 10.7. The number of amides is 1. The lowest BCUT2D eigenvalue weighted by atomic mass is 10.2. The SMILES string of the molecule is COc1ccc(CNC(=O)Cn2ccc3sc(C)cc3c2=O)c(OC)c1. The molecule has 6 nitrogen and oxygen atoms in total. The highest BCUT2D eigenvalue weighted by atomic mass is 32.1. The molecule has 0 fully saturated rings. The van der Waals surface area contributed by atoms with Gasteiger partial charge in [-0.15, -0.1) is 11.3 Å². The Morgan fingerprint density at radius 2 is 2.00 bits per heavy atom. The number of carbonyl (C=O) groups is 1. The van der Waals surface area contributed by atoms with Gasteiger partial charge in [-0.2, -0.15) is 0 Å². The van der Waals surface area contributed by atoms with E-state index in [4.69, 9.17) is 9.47 Å². The van der Waals surface area contributed by atoms with Crippen LogP contribution in [0.1, 0.15) is 10.4 Å². The Morgan fingerprint density at radius 3 is 2.73 bits per heavy atom. The van der Waals surface area contributed by atoms with Crippen molar-refractivity contribution in [3.63, 3.8) is 0 Å². The molecule has 26 heavy (non-hydrogen) atoms. The average molecular weight is 372 g/mol. The van der Waals surface area contributed by atoms with E-state index in [1.165, 1.54) is 4.57 Å². The predicted molar refractivity (Wildman–Crippen MR) is 102 cm³/mol. The van der Waals surface area contributed by atoms with Gasteiger partial charge in [0, 0.05) is 33.9 Å². The smallest absolute Gasteiger partial charge is 0.259 e. The number of hydrogen-bond acceptors (Lipinski definition) is 5. The van der Waals surface area contributed by atoms with Gasteiger partial charge in [-0.05, 0) is 31.2 Å². The Kier molecular flexibility index (Phi) is 5.27. The van der Waals surface area contributed by atoms with Crippen LogP contribution < -0.4 is 20.3 Å². The maximum absolute atomic E-state index is 12.5. The number of benzene rings is 1. The van der Waals surface area contributed by atoms with Crippen LogP contribution in [0, 0.1) is 6.92 Å². The van der Waals surface area contributed by atoms with Crippen molar-refractivity contribution < 1.29 is 14.3 Å². The van der Waals surface area contributed by atoms with Gasteiger partial charge in [0.05, 0.1) is 19.6 Å². The van der Waals surface area contributed by atoms with Crippen LogP contribution >= 0.6 is 11.3 Å². The predicted octanol–water partition coefficient (Wildman–Crippen LogP) is 2.71. The lowest BCUT2D eigenvalue weighted by Gasteiger charge is -2.12. The van der Waals surface area contributed by atoms with Crippen LogP contribution in [0.2, 0.25) is 0 Å². The van der Waals surface area contributed by atoms with E-state index in [1.54, 1.807) is 43.9 Å². The number of thiophene rings is 1. The molecule has 0 radical (unpaired) electrons. The molecule has 1 N–H and O–H groups in total. The largest absolute Gasteiger partial charge is 0.497 e. The van der Waals surface area contributed by atoms with Gasteiger partial charge in [0.25, 0.3) is 5.56 Å². The summed E-state index contributed by atoms with van der Waals surface area (Å²) in [5.41, 5.74) is 0.682. The molecule has 2 heterocycles. The second-order valence-electron chi connectivity index (χ2n) is 5.84. The average Bonchev–Trinajstić information content (AvgIpc) is 3.03. The molecule has 3 rings (SSSR count). The number of methoxy groups -OCH3 is 2. The molecule has 2 aromatic heterocycles. The highest BCUT2D eigenvalue weighted by molar-refractivity contribution is 7.18. The maximum atomic E-state index is 12.5. The summed E-state index contributed by atoms with van der Waals surface area (Å²) in [7, 11) is 3.15. The van der Waals surface area contributed by atoms with Gasteiger partial charge in [0.15, 0.2) is 0 Å². The van der Waals surface area contributed by atoms with Gasteiger partial charge < -0.3 is 19.4 Å². The first-order chi connectivity index (χ1) is 12.5. The van der Waals surface area contributed by atoms with E-state index >= 15 is 0 Å². The van der Waals surface area contributed by atoms with Gasteiger partial charge in [0.2, 0.25) is 5.91 Å². The number of hydrogen-bond donors (Lipinski definition) is 1. The molecular formula is C19H20N2O4S. The molecule has 0 unspecified atom stereocenters. The molecular weight excluding hydrogens is 352 g/mol. The summed E-state index contributed by atoms with van der Waals surface area (Å²) < 4.78 is 12.8. The fourth-order valence-electron chi connectivity index (χ4n) is 2.73. The molecule has 0 spiro atoms. The zero-order valence-corrected chi connectivity index (χ0v) is 15.7. The lowest BCUT2D eigenvalue weighted by molar-refractivity contribution is -0.121. The number of rotatable bonds is 6. The Labute approximate surface area is 155 Å². The Balaban J connectivity index is 1.70. The first-order valence-corrected chi connectivity index (χ1v) is 8.90. The zero-order chi connectivity index (χ0) is 18.7. The second-order valence-corrected chi connectivity index (χ2v) is 7.13. The van der Waals surface area contributed by atoms with Crippen molar-refractivity contribution in [3.8, 4) is 11.5 Å². The molecule has 3 aromatic rings. The Hall–Kier alpha value is -2.80. The van der Waals surface area contributed by atoms with Gasteiger partial charge >= 0.3 is 0 Å². The molecule has 0 atom stereocenters. The van der Waals surface area contributed by atoms with Crippen molar-refractivity contribution in [1.29, 1.82) is 0 Å². The number of carbonyl (C=O) groups excluding carboxylic acids is 1. The third kappa shape index (κ3) is 3.72. The van der Waals surface area contributed by atoms with Crippen LogP contribution in [-0.4, -0.2) is 24.7 Å². The highest BCUT2D eigenvalue weighted by Gasteiger charge is 2.10. The molecule has 0 saturated heterocycles. The fourth-order valence-corrected chi connectivity index (χ4v) is 3.64. The van der Waals surface area contributed by atoms with Crippen LogP contribution in [0.15, 0.2) is 41.3 Å². The van der Waals surface area contributed by atoms with Crippen molar-refractivity contribution in [2.75, 3.05) is 14.2 Å². The molecule has 0 saturated carbocycles. The van der Waals surface area contributed by atoms with Crippen LogP contribution in [0.25, 0.3) is 10.1 Å². The number of ether oxygens (including phenoxy) is 2. The minimum Gasteiger partial charge on any atom is -0.497 e. The summed E-state index contributed by atoms with van der Waals surface area (Å²) in [6.45, 7) is 2.24. The fraction of sp³-hybridized carbons (Fsp3) is 0.263. The van der Waals surface area contributed by atoms with Crippen LogP contribution in [0.5, 0.6) is 11.5 Å². The van der Waals surface area contributed by atoms with E-state index in [2.05, 4.69) is 5.32 Å². The number of nitrogens with zero attached hydrogens (tertiary/aromatic N) is 1. The van der Waals surface area contributed by atoms with Gasteiger partial charge in [-0.25, -0.2) is 0 Å². The number of aromatic nitrogens is 1. The summed E-state index contributed by atoms with van der Waals surface area (Å²) in [4.78, 5) is 25.8. The summed E-state index contributed by atoms with van der Waals surface area (Å²) in [5.74, 6) is 1.08.